The van der Waals surface area contributed by atoms with Crippen LogP contribution in [0.25, 0.3) is 5.52 Å². The fourth-order valence-corrected chi connectivity index (χ4v) is 3.83. The number of methoxy groups -OCH3 is 1. The van der Waals surface area contributed by atoms with Crippen molar-refractivity contribution < 1.29 is 9.47 Å². The number of nitrogens with zero attached hydrogens (tertiary/aromatic N) is 4. The SMILES string of the molecule is COc1ccccc1NCc1ccc2cnc(Nc3ccc(N4CCOCC4)cc3)nn12. The van der Waals surface area contributed by atoms with E-state index in [1.165, 1.54) is 5.69 Å². The van der Waals surface area contributed by atoms with E-state index < -0.39 is 0 Å². The van der Waals surface area contributed by atoms with Gasteiger partial charge in [-0.05, 0) is 48.5 Å². The van der Waals surface area contributed by atoms with E-state index in [-0.39, 0.29) is 0 Å². The topological polar surface area (TPSA) is 76.0 Å². The second-order valence-electron chi connectivity index (χ2n) is 7.57. The fraction of sp³-hybridized carbons (Fsp3) is 0.250. The Morgan fingerprint density at radius 3 is 2.62 bits per heavy atom. The number of para-hydroxylation sites is 2. The van der Waals surface area contributed by atoms with Crippen molar-refractivity contribution in [1.29, 1.82) is 0 Å². The highest BCUT2D eigenvalue weighted by Gasteiger charge is 2.11. The third kappa shape index (κ3) is 4.31. The lowest BCUT2D eigenvalue weighted by atomic mass is 10.2. The van der Waals surface area contributed by atoms with Gasteiger partial charge in [-0.25, -0.2) is 9.50 Å². The van der Waals surface area contributed by atoms with Crippen LogP contribution in [0.15, 0.2) is 66.9 Å². The van der Waals surface area contributed by atoms with Gasteiger partial charge in [-0.1, -0.05) is 12.1 Å². The van der Waals surface area contributed by atoms with Crippen LogP contribution in [0.3, 0.4) is 0 Å². The van der Waals surface area contributed by atoms with Crippen LogP contribution in [-0.4, -0.2) is 48.0 Å². The predicted molar refractivity (Wildman–Crippen MR) is 126 cm³/mol. The Labute approximate surface area is 186 Å². The summed E-state index contributed by atoms with van der Waals surface area (Å²) in [5.74, 6) is 1.36. The molecule has 0 bridgehead atoms. The van der Waals surface area contributed by atoms with E-state index in [2.05, 4.69) is 44.8 Å². The number of morpholine rings is 1. The van der Waals surface area contributed by atoms with Gasteiger partial charge in [-0.3, -0.25) is 0 Å². The summed E-state index contributed by atoms with van der Waals surface area (Å²) < 4.78 is 12.8. The summed E-state index contributed by atoms with van der Waals surface area (Å²) in [5, 5.41) is 11.4. The average Bonchev–Trinajstić information content (AvgIpc) is 3.26. The summed E-state index contributed by atoms with van der Waals surface area (Å²) in [6.07, 6.45) is 1.82. The zero-order chi connectivity index (χ0) is 21.8. The molecule has 3 heterocycles. The first kappa shape index (κ1) is 20.1. The van der Waals surface area contributed by atoms with E-state index in [1.54, 1.807) is 7.11 Å². The van der Waals surface area contributed by atoms with Crippen LogP contribution >= 0.6 is 0 Å². The van der Waals surface area contributed by atoms with Crippen molar-refractivity contribution in [2.45, 2.75) is 6.54 Å². The predicted octanol–water partition coefficient (Wildman–Crippen LogP) is 3.93. The van der Waals surface area contributed by atoms with Crippen molar-refractivity contribution in [1.82, 2.24) is 14.6 Å². The second-order valence-corrected chi connectivity index (χ2v) is 7.57. The Hall–Kier alpha value is -3.78. The molecule has 0 saturated carbocycles. The molecule has 1 aliphatic rings. The van der Waals surface area contributed by atoms with Crippen molar-refractivity contribution in [3.05, 3.63) is 72.6 Å². The molecule has 8 nitrogen and oxygen atoms in total. The molecule has 1 saturated heterocycles. The highest BCUT2D eigenvalue weighted by Crippen LogP contribution is 2.24. The number of hydrogen-bond donors (Lipinski definition) is 2. The molecule has 4 aromatic rings. The van der Waals surface area contributed by atoms with Crippen molar-refractivity contribution in [2.75, 3.05) is 48.9 Å². The van der Waals surface area contributed by atoms with Gasteiger partial charge in [0.2, 0.25) is 5.95 Å². The first-order chi connectivity index (χ1) is 15.8. The lowest BCUT2D eigenvalue weighted by Gasteiger charge is -2.28. The van der Waals surface area contributed by atoms with Crippen LogP contribution in [0, 0.1) is 0 Å². The van der Waals surface area contributed by atoms with Gasteiger partial charge < -0.3 is 25.0 Å². The minimum absolute atomic E-state index is 0.548. The molecule has 2 aromatic carbocycles. The molecule has 5 rings (SSSR count). The molecule has 0 spiro atoms. The third-order valence-corrected chi connectivity index (χ3v) is 5.54. The number of anilines is 4. The van der Waals surface area contributed by atoms with Crippen LogP contribution in [-0.2, 0) is 11.3 Å². The van der Waals surface area contributed by atoms with E-state index in [0.717, 1.165) is 54.6 Å². The molecule has 0 radical (unpaired) electrons. The van der Waals surface area contributed by atoms with Gasteiger partial charge >= 0.3 is 0 Å². The van der Waals surface area contributed by atoms with Gasteiger partial charge in [-0.15, -0.1) is 5.10 Å². The van der Waals surface area contributed by atoms with Gasteiger partial charge in [0.25, 0.3) is 0 Å². The quantitative estimate of drug-likeness (QED) is 0.460. The Kier molecular flexibility index (Phi) is 5.76. The third-order valence-electron chi connectivity index (χ3n) is 5.54. The molecule has 2 aromatic heterocycles. The summed E-state index contributed by atoms with van der Waals surface area (Å²) >= 11 is 0. The molecular formula is C24H26N6O2. The molecular weight excluding hydrogens is 404 g/mol. The summed E-state index contributed by atoms with van der Waals surface area (Å²) in [6.45, 7) is 4.01. The Morgan fingerprint density at radius 1 is 1.00 bits per heavy atom. The van der Waals surface area contributed by atoms with Gasteiger partial charge in [0, 0.05) is 24.5 Å². The van der Waals surface area contributed by atoms with Gasteiger partial charge in [0.05, 0.1) is 50.0 Å². The Balaban J connectivity index is 1.30. The van der Waals surface area contributed by atoms with Crippen LogP contribution in [0.5, 0.6) is 5.75 Å². The molecule has 2 N–H and O–H groups in total. The largest absolute Gasteiger partial charge is 0.495 e. The average molecular weight is 431 g/mol. The summed E-state index contributed by atoms with van der Waals surface area (Å²) in [5.41, 5.74) is 5.05. The van der Waals surface area contributed by atoms with Crippen molar-refractivity contribution >= 4 is 28.5 Å². The minimum atomic E-state index is 0.548. The number of rotatable bonds is 7. The molecule has 0 unspecified atom stereocenters. The standard InChI is InChI=1S/C24H26N6O2/c1-31-23-5-3-2-4-22(23)25-16-20-10-11-21-17-26-24(28-30(20)21)27-18-6-8-19(9-7-18)29-12-14-32-15-13-29/h2-11,17,25H,12-16H2,1H3,(H,27,28). The fourth-order valence-electron chi connectivity index (χ4n) is 3.83. The monoisotopic (exact) mass is 430 g/mol. The molecule has 0 atom stereocenters. The number of fused-ring (bicyclic) bond motifs is 1. The van der Waals surface area contributed by atoms with Crippen molar-refractivity contribution in [3.63, 3.8) is 0 Å². The molecule has 164 valence electrons. The second kappa shape index (κ2) is 9.15. The van der Waals surface area contributed by atoms with Gasteiger partial charge in [-0.2, -0.15) is 0 Å². The number of benzene rings is 2. The molecule has 0 amide bonds. The lowest BCUT2D eigenvalue weighted by Crippen LogP contribution is -2.36. The van der Waals surface area contributed by atoms with E-state index in [1.807, 2.05) is 47.1 Å². The van der Waals surface area contributed by atoms with Crippen LogP contribution < -0.4 is 20.3 Å². The van der Waals surface area contributed by atoms with E-state index in [9.17, 15) is 0 Å². The molecule has 8 heteroatoms. The molecule has 1 fully saturated rings. The number of nitrogens with one attached hydrogen (secondary N) is 2. The highest BCUT2D eigenvalue weighted by atomic mass is 16.5. The molecule has 1 aliphatic heterocycles. The molecule has 0 aliphatic carbocycles. The Morgan fingerprint density at radius 2 is 1.81 bits per heavy atom. The van der Waals surface area contributed by atoms with Crippen LogP contribution in [0.1, 0.15) is 5.69 Å². The number of hydrogen-bond acceptors (Lipinski definition) is 7. The number of ether oxygens (including phenoxy) is 2. The zero-order valence-electron chi connectivity index (χ0n) is 18.0. The van der Waals surface area contributed by atoms with Crippen LogP contribution in [0.4, 0.5) is 23.0 Å². The maximum atomic E-state index is 5.43. The van der Waals surface area contributed by atoms with Gasteiger partial charge in [0.1, 0.15) is 5.75 Å². The normalized spacial score (nSPS) is 13.8. The first-order valence-corrected chi connectivity index (χ1v) is 10.7. The number of aromatic nitrogens is 3. The maximum absolute atomic E-state index is 5.43. The highest BCUT2D eigenvalue weighted by molar-refractivity contribution is 5.60. The van der Waals surface area contributed by atoms with Crippen LogP contribution in [0.2, 0.25) is 0 Å². The minimum Gasteiger partial charge on any atom is -0.495 e. The summed E-state index contributed by atoms with van der Waals surface area (Å²) in [6, 6.07) is 20.3. The zero-order valence-corrected chi connectivity index (χ0v) is 18.0. The molecule has 32 heavy (non-hydrogen) atoms. The van der Waals surface area contributed by atoms with E-state index >= 15 is 0 Å². The maximum Gasteiger partial charge on any atom is 0.245 e. The smallest absolute Gasteiger partial charge is 0.245 e. The lowest BCUT2D eigenvalue weighted by molar-refractivity contribution is 0.122. The van der Waals surface area contributed by atoms with E-state index in [0.29, 0.717) is 12.5 Å². The summed E-state index contributed by atoms with van der Waals surface area (Å²) in [7, 11) is 1.67. The summed E-state index contributed by atoms with van der Waals surface area (Å²) in [4.78, 5) is 6.79. The van der Waals surface area contributed by atoms with Gasteiger partial charge in [0.15, 0.2) is 0 Å². The Bertz CT molecular complexity index is 1180. The van der Waals surface area contributed by atoms with E-state index in [4.69, 9.17) is 14.6 Å². The first-order valence-electron chi connectivity index (χ1n) is 10.7. The van der Waals surface area contributed by atoms with Crippen molar-refractivity contribution in [2.24, 2.45) is 0 Å². The van der Waals surface area contributed by atoms with Crippen molar-refractivity contribution in [3.8, 4) is 5.75 Å².